The molecule has 0 aromatic rings. The largest absolute Gasteiger partial charge is 0.477 e. The van der Waals surface area contributed by atoms with Crippen molar-refractivity contribution in [1.29, 1.82) is 5.41 Å². The molecular weight excluding hydrogens is 200 g/mol. The standard InChI is InChI=1S/C9H14N2O4/c1-9(2,3)15-8(14)11-6(4-5-10)7(12)13/h4-5,10H,1-3H3,(H,11,14)(H,12,13)/b6-4+,10-5?. The van der Waals surface area contributed by atoms with Gasteiger partial charge in [-0.3, -0.25) is 5.32 Å². The van der Waals surface area contributed by atoms with E-state index in [9.17, 15) is 9.59 Å². The number of alkyl carbamates (subject to hydrolysis) is 1. The van der Waals surface area contributed by atoms with Crippen LogP contribution in [0.3, 0.4) is 0 Å². The van der Waals surface area contributed by atoms with Crippen LogP contribution in [0.5, 0.6) is 0 Å². The fraction of sp³-hybridized carbons (Fsp3) is 0.444. The maximum atomic E-state index is 11.1. The summed E-state index contributed by atoms with van der Waals surface area (Å²) in [5.74, 6) is -1.33. The third-order valence-corrected chi connectivity index (χ3v) is 1.12. The molecule has 0 spiro atoms. The molecule has 0 radical (unpaired) electrons. The van der Waals surface area contributed by atoms with E-state index in [1.807, 2.05) is 5.32 Å². The molecule has 15 heavy (non-hydrogen) atoms. The molecule has 0 aliphatic carbocycles. The number of rotatable bonds is 3. The lowest BCUT2D eigenvalue weighted by molar-refractivity contribution is -0.133. The summed E-state index contributed by atoms with van der Waals surface area (Å²) in [5.41, 5.74) is -1.10. The Morgan fingerprint density at radius 3 is 2.27 bits per heavy atom. The van der Waals surface area contributed by atoms with Crippen molar-refractivity contribution >= 4 is 18.3 Å². The molecule has 0 aromatic carbocycles. The van der Waals surface area contributed by atoms with Gasteiger partial charge in [0.15, 0.2) is 0 Å². The third kappa shape index (κ3) is 6.25. The first-order valence-electron chi connectivity index (χ1n) is 4.20. The summed E-state index contributed by atoms with van der Waals surface area (Å²) in [6.07, 6.45) is 0.852. The SMILES string of the molecule is CC(C)(C)OC(=O)N/C(=C/C=N)C(=O)O. The summed E-state index contributed by atoms with van der Waals surface area (Å²) < 4.78 is 4.84. The van der Waals surface area contributed by atoms with Crippen LogP contribution < -0.4 is 5.32 Å². The number of ether oxygens (including phenoxy) is 1. The molecule has 0 fully saturated rings. The number of allylic oxidation sites excluding steroid dienone is 1. The molecule has 1 amide bonds. The number of carbonyl (C=O) groups excluding carboxylic acids is 1. The van der Waals surface area contributed by atoms with Gasteiger partial charge in [0, 0.05) is 6.21 Å². The molecule has 0 heterocycles. The number of carboxylic acids is 1. The Morgan fingerprint density at radius 2 is 1.93 bits per heavy atom. The highest BCUT2D eigenvalue weighted by Gasteiger charge is 2.18. The van der Waals surface area contributed by atoms with Crippen LogP contribution in [0.1, 0.15) is 20.8 Å². The molecule has 0 atom stereocenters. The smallest absolute Gasteiger partial charge is 0.412 e. The van der Waals surface area contributed by atoms with Crippen molar-refractivity contribution in [3.8, 4) is 0 Å². The van der Waals surface area contributed by atoms with Gasteiger partial charge >= 0.3 is 12.1 Å². The number of nitrogens with one attached hydrogen (secondary N) is 2. The molecule has 84 valence electrons. The van der Waals surface area contributed by atoms with Crippen LogP contribution in [-0.2, 0) is 9.53 Å². The van der Waals surface area contributed by atoms with Gasteiger partial charge in [-0.25, -0.2) is 9.59 Å². The van der Waals surface area contributed by atoms with Crippen molar-refractivity contribution in [1.82, 2.24) is 5.32 Å². The number of hydrogen-bond donors (Lipinski definition) is 3. The van der Waals surface area contributed by atoms with E-state index in [1.165, 1.54) is 0 Å². The van der Waals surface area contributed by atoms with Gasteiger partial charge in [0.05, 0.1) is 0 Å². The lowest BCUT2D eigenvalue weighted by Crippen LogP contribution is -2.34. The molecule has 0 aromatic heterocycles. The van der Waals surface area contributed by atoms with E-state index in [4.69, 9.17) is 15.3 Å². The molecule has 0 saturated carbocycles. The van der Waals surface area contributed by atoms with E-state index in [1.54, 1.807) is 20.8 Å². The van der Waals surface area contributed by atoms with Gasteiger partial charge in [-0.2, -0.15) is 0 Å². The Balaban J connectivity index is 4.44. The van der Waals surface area contributed by atoms with Crippen molar-refractivity contribution in [2.45, 2.75) is 26.4 Å². The second-order valence-electron chi connectivity index (χ2n) is 3.68. The van der Waals surface area contributed by atoms with Crippen molar-refractivity contribution in [3.63, 3.8) is 0 Å². The first kappa shape index (κ1) is 13.2. The minimum Gasteiger partial charge on any atom is -0.477 e. The monoisotopic (exact) mass is 214 g/mol. The molecule has 0 saturated heterocycles. The zero-order valence-electron chi connectivity index (χ0n) is 8.83. The average Bonchev–Trinajstić information content (AvgIpc) is 1.99. The summed E-state index contributed by atoms with van der Waals surface area (Å²) in [4.78, 5) is 21.7. The lowest BCUT2D eigenvalue weighted by atomic mass is 10.2. The van der Waals surface area contributed by atoms with Gasteiger partial charge in [-0.05, 0) is 26.8 Å². The summed E-state index contributed by atoms with van der Waals surface area (Å²) in [5, 5.41) is 17.3. The maximum Gasteiger partial charge on any atom is 0.412 e. The van der Waals surface area contributed by atoms with Crippen LogP contribution in [0, 0.1) is 5.41 Å². The quantitative estimate of drug-likeness (QED) is 0.484. The molecule has 0 unspecified atom stereocenters. The topological polar surface area (TPSA) is 99.5 Å². The average molecular weight is 214 g/mol. The molecule has 6 heteroatoms. The zero-order valence-corrected chi connectivity index (χ0v) is 8.83. The van der Waals surface area contributed by atoms with Crippen LogP contribution in [-0.4, -0.2) is 29.0 Å². The van der Waals surface area contributed by atoms with E-state index in [0.29, 0.717) is 0 Å². The highest BCUT2D eigenvalue weighted by Crippen LogP contribution is 2.07. The summed E-state index contributed by atoms with van der Waals surface area (Å²) in [6, 6.07) is 0. The number of carbonyl (C=O) groups is 2. The predicted molar refractivity (Wildman–Crippen MR) is 53.9 cm³/mol. The number of aliphatic carboxylic acids is 1. The van der Waals surface area contributed by atoms with Gasteiger partial charge in [-0.1, -0.05) is 0 Å². The fourth-order valence-corrected chi connectivity index (χ4v) is 0.663. The first-order valence-corrected chi connectivity index (χ1v) is 4.20. The fourth-order valence-electron chi connectivity index (χ4n) is 0.663. The number of hydrogen-bond acceptors (Lipinski definition) is 4. The van der Waals surface area contributed by atoms with Crippen LogP contribution in [0.2, 0.25) is 0 Å². The molecule has 0 aliphatic rings. The normalized spacial score (nSPS) is 11.8. The third-order valence-electron chi connectivity index (χ3n) is 1.12. The predicted octanol–water partition coefficient (Wildman–Crippen LogP) is 1.13. The second-order valence-corrected chi connectivity index (χ2v) is 3.68. The van der Waals surface area contributed by atoms with Gasteiger partial charge in [0.2, 0.25) is 0 Å². The van der Waals surface area contributed by atoms with Crippen molar-refractivity contribution < 1.29 is 19.4 Å². The van der Waals surface area contributed by atoms with Crippen LogP contribution in [0.15, 0.2) is 11.8 Å². The van der Waals surface area contributed by atoms with E-state index >= 15 is 0 Å². The molecule has 0 rings (SSSR count). The highest BCUT2D eigenvalue weighted by molar-refractivity contribution is 5.94. The Labute approximate surface area is 87.4 Å². The summed E-state index contributed by atoms with van der Waals surface area (Å²) in [6.45, 7) is 4.98. The summed E-state index contributed by atoms with van der Waals surface area (Å²) in [7, 11) is 0. The minimum absolute atomic E-state index is 0.403. The van der Waals surface area contributed by atoms with Crippen molar-refractivity contribution in [3.05, 3.63) is 11.8 Å². The van der Waals surface area contributed by atoms with Crippen LogP contribution >= 0.6 is 0 Å². The van der Waals surface area contributed by atoms with Crippen molar-refractivity contribution in [2.75, 3.05) is 0 Å². The minimum atomic E-state index is -1.33. The van der Waals surface area contributed by atoms with Crippen LogP contribution in [0.25, 0.3) is 0 Å². The molecule has 0 aliphatic heterocycles. The molecule has 0 bridgehead atoms. The van der Waals surface area contributed by atoms with Crippen LogP contribution in [0.4, 0.5) is 4.79 Å². The van der Waals surface area contributed by atoms with Crippen molar-refractivity contribution in [2.24, 2.45) is 0 Å². The first-order chi connectivity index (χ1) is 6.76. The Kier molecular flexibility index (Phi) is 4.50. The van der Waals surface area contributed by atoms with E-state index in [0.717, 1.165) is 12.3 Å². The molecular formula is C9H14N2O4. The van der Waals surface area contributed by atoms with E-state index in [2.05, 4.69) is 0 Å². The van der Waals surface area contributed by atoms with Gasteiger partial charge in [-0.15, -0.1) is 0 Å². The number of amides is 1. The lowest BCUT2D eigenvalue weighted by Gasteiger charge is -2.19. The zero-order chi connectivity index (χ0) is 12.1. The second kappa shape index (κ2) is 5.14. The van der Waals surface area contributed by atoms with Gasteiger partial charge in [0.1, 0.15) is 11.3 Å². The summed E-state index contributed by atoms with van der Waals surface area (Å²) >= 11 is 0. The van der Waals surface area contributed by atoms with E-state index < -0.39 is 23.4 Å². The molecule has 3 N–H and O–H groups in total. The Bertz CT molecular complexity index is 302. The Morgan fingerprint density at radius 1 is 1.40 bits per heavy atom. The van der Waals surface area contributed by atoms with Gasteiger partial charge in [0.25, 0.3) is 0 Å². The molecule has 6 nitrogen and oxygen atoms in total. The van der Waals surface area contributed by atoms with E-state index in [-0.39, 0.29) is 0 Å². The number of carboxylic acid groups (broad SMARTS) is 1. The maximum absolute atomic E-state index is 11.1. The highest BCUT2D eigenvalue weighted by atomic mass is 16.6. The Hall–Kier alpha value is -1.85. The van der Waals surface area contributed by atoms with Gasteiger partial charge < -0.3 is 15.3 Å².